The molecule has 1 aliphatic heterocycles. The molecule has 0 aromatic carbocycles. The highest BCUT2D eigenvalue weighted by atomic mass is 15.3. The molecular formula is C15H26N4. The van der Waals surface area contributed by atoms with E-state index in [0.29, 0.717) is 0 Å². The highest BCUT2D eigenvalue weighted by Crippen LogP contribution is 2.23. The fraction of sp³-hybridized carbons (Fsp3) is 0.800. The molecule has 1 saturated heterocycles. The minimum Gasteiger partial charge on any atom is -0.301 e. The van der Waals surface area contributed by atoms with Crippen molar-refractivity contribution in [1.82, 2.24) is 20.0 Å². The Morgan fingerprint density at radius 2 is 1.84 bits per heavy atom. The van der Waals surface area contributed by atoms with Crippen LogP contribution in [0.2, 0.25) is 0 Å². The second-order valence-corrected chi connectivity index (χ2v) is 6.45. The van der Waals surface area contributed by atoms with Gasteiger partial charge < -0.3 is 4.90 Å². The number of aromatic amines is 1. The quantitative estimate of drug-likeness (QED) is 0.896. The van der Waals surface area contributed by atoms with Crippen LogP contribution < -0.4 is 0 Å². The molecule has 19 heavy (non-hydrogen) atoms. The average Bonchev–Trinajstić information content (AvgIpc) is 2.96. The van der Waals surface area contributed by atoms with Crippen molar-refractivity contribution in [3.05, 3.63) is 17.0 Å². The van der Waals surface area contributed by atoms with Crippen LogP contribution in [0.1, 0.15) is 37.2 Å². The van der Waals surface area contributed by atoms with Crippen molar-refractivity contribution >= 4 is 0 Å². The first-order chi connectivity index (χ1) is 9.22. The van der Waals surface area contributed by atoms with Gasteiger partial charge in [0, 0.05) is 45.0 Å². The van der Waals surface area contributed by atoms with Crippen molar-refractivity contribution in [2.45, 2.75) is 39.7 Å². The van der Waals surface area contributed by atoms with E-state index < -0.39 is 0 Å². The first kappa shape index (κ1) is 13.1. The Morgan fingerprint density at radius 3 is 2.58 bits per heavy atom. The summed E-state index contributed by atoms with van der Waals surface area (Å²) in [7, 11) is 0. The van der Waals surface area contributed by atoms with Gasteiger partial charge in [-0.1, -0.05) is 13.8 Å². The number of aryl methyl sites for hydroxylation is 1. The Bertz CT molecular complexity index is 416. The minimum atomic E-state index is 0.779. The van der Waals surface area contributed by atoms with Gasteiger partial charge in [0.2, 0.25) is 0 Å². The number of aromatic nitrogens is 2. The fourth-order valence-electron chi connectivity index (χ4n) is 3.38. The third-order valence-electron chi connectivity index (χ3n) is 4.35. The number of hydrogen-bond acceptors (Lipinski definition) is 3. The minimum absolute atomic E-state index is 0.779. The van der Waals surface area contributed by atoms with E-state index in [4.69, 9.17) is 0 Å². The van der Waals surface area contributed by atoms with E-state index in [9.17, 15) is 0 Å². The normalized spacial score (nSPS) is 21.2. The van der Waals surface area contributed by atoms with Crippen molar-refractivity contribution in [3.8, 4) is 0 Å². The predicted molar refractivity (Wildman–Crippen MR) is 77.2 cm³/mol. The molecule has 4 heteroatoms. The number of piperazine rings is 1. The zero-order chi connectivity index (χ0) is 13.2. The molecule has 2 heterocycles. The molecule has 1 fully saturated rings. The molecule has 1 aromatic rings. The van der Waals surface area contributed by atoms with Crippen molar-refractivity contribution in [2.24, 2.45) is 5.92 Å². The summed E-state index contributed by atoms with van der Waals surface area (Å²) in [5, 5.41) is 7.74. The van der Waals surface area contributed by atoms with Crippen molar-refractivity contribution in [3.63, 3.8) is 0 Å². The highest BCUT2D eigenvalue weighted by Gasteiger charge is 2.22. The van der Waals surface area contributed by atoms with Crippen LogP contribution in [-0.4, -0.2) is 52.7 Å². The molecule has 1 aliphatic carbocycles. The molecular weight excluding hydrogens is 236 g/mol. The molecule has 0 atom stereocenters. The lowest BCUT2D eigenvalue weighted by Gasteiger charge is -2.35. The van der Waals surface area contributed by atoms with Gasteiger partial charge in [-0.05, 0) is 30.7 Å². The molecule has 2 aliphatic rings. The largest absolute Gasteiger partial charge is 0.301 e. The van der Waals surface area contributed by atoms with Crippen LogP contribution in [0.4, 0.5) is 0 Å². The second-order valence-electron chi connectivity index (χ2n) is 6.45. The summed E-state index contributed by atoms with van der Waals surface area (Å²) in [5.41, 5.74) is 4.22. The first-order valence-electron chi connectivity index (χ1n) is 7.72. The van der Waals surface area contributed by atoms with Gasteiger partial charge in [-0.2, -0.15) is 5.10 Å². The summed E-state index contributed by atoms with van der Waals surface area (Å²) in [6.45, 7) is 11.7. The number of rotatable bonds is 4. The van der Waals surface area contributed by atoms with Crippen molar-refractivity contribution in [2.75, 3.05) is 32.7 Å². The third kappa shape index (κ3) is 3.00. The van der Waals surface area contributed by atoms with E-state index in [2.05, 4.69) is 33.8 Å². The van der Waals surface area contributed by atoms with E-state index in [-0.39, 0.29) is 0 Å². The van der Waals surface area contributed by atoms with E-state index in [1.807, 2.05) is 0 Å². The molecule has 0 amide bonds. The second kappa shape index (κ2) is 5.63. The Morgan fingerprint density at radius 1 is 1.11 bits per heavy atom. The van der Waals surface area contributed by atoms with Crippen LogP contribution in [-0.2, 0) is 19.4 Å². The Balaban J connectivity index is 1.52. The molecule has 1 N–H and O–H groups in total. The fourth-order valence-corrected chi connectivity index (χ4v) is 3.38. The number of hydrogen-bond donors (Lipinski definition) is 1. The number of H-pyrrole nitrogens is 1. The monoisotopic (exact) mass is 262 g/mol. The van der Waals surface area contributed by atoms with Gasteiger partial charge in [0.05, 0.1) is 5.69 Å². The van der Waals surface area contributed by atoms with Crippen LogP contribution in [0.3, 0.4) is 0 Å². The molecule has 1 aromatic heterocycles. The maximum Gasteiger partial charge on any atom is 0.0797 e. The lowest BCUT2D eigenvalue weighted by Crippen LogP contribution is -2.47. The SMILES string of the molecule is CC(C)CN1CCN(Cc2n[nH]c3c2CCC3)CC1. The van der Waals surface area contributed by atoms with Gasteiger partial charge in [-0.3, -0.25) is 10.00 Å². The molecule has 0 radical (unpaired) electrons. The molecule has 0 spiro atoms. The number of nitrogens with one attached hydrogen (secondary N) is 1. The van der Waals surface area contributed by atoms with Gasteiger partial charge in [0.15, 0.2) is 0 Å². The lowest BCUT2D eigenvalue weighted by atomic mass is 10.1. The number of nitrogens with zero attached hydrogens (tertiary/aromatic N) is 3. The Kier molecular flexibility index (Phi) is 3.89. The van der Waals surface area contributed by atoms with E-state index >= 15 is 0 Å². The van der Waals surface area contributed by atoms with Crippen LogP contribution in [0.5, 0.6) is 0 Å². The Hall–Kier alpha value is -0.870. The zero-order valence-electron chi connectivity index (χ0n) is 12.3. The topological polar surface area (TPSA) is 35.2 Å². The maximum atomic E-state index is 4.52. The lowest BCUT2D eigenvalue weighted by molar-refractivity contribution is 0.116. The van der Waals surface area contributed by atoms with Crippen molar-refractivity contribution in [1.29, 1.82) is 0 Å². The highest BCUT2D eigenvalue weighted by molar-refractivity contribution is 5.29. The van der Waals surface area contributed by atoms with Gasteiger partial charge in [-0.15, -0.1) is 0 Å². The molecule has 0 unspecified atom stereocenters. The molecule has 4 nitrogen and oxygen atoms in total. The Labute approximate surface area is 116 Å². The van der Waals surface area contributed by atoms with Gasteiger partial charge in [0.1, 0.15) is 0 Å². The van der Waals surface area contributed by atoms with Gasteiger partial charge in [0.25, 0.3) is 0 Å². The van der Waals surface area contributed by atoms with Gasteiger partial charge >= 0.3 is 0 Å². The third-order valence-corrected chi connectivity index (χ3v) is 4.35. The van der Waals surface area contributed by atoms with E-state index in [1.165, 1.54) is 68.9 Å². The molecule has 0 bridgehead atoms. The summed E-state index contributed by atoms with van der Waals surface area (Å²) in [6.07, 6.45) is 3.73. The maximum absolute atomic E-state index is 4.52. The van der Waals surface area contributed by atoms with Crippen LogP contribution >= 0.6 is 0 Å². The predicted octanol–water partition coefficient (Wildman–Crippen LogP) is 1.67. The summed E-state index contributed by atoms with van der Waals surface area (Å²) >= 11 is 0. The summed E-state index contributed by atoms with van der Waals surface area (Å²) < 4.78 is 0. The van der Waals surface area contributed by atoms with E-state index in [1.54, 1.807) is 0 Å². The first-order valence-corrected chi connectivity index (χ1v) is 7.72. The summed E-state index contributed by atoms with van der Waals surface area (Å²) in [6, 6.07) is 0. The van der Waals surface area contributed by atoms with Crippen LogP contribution in [0.25, 0.3) is 0 Å². The summed E-state index contributed by atoms with van der Waals surface area (Å²) in [4.78, 5) is 5.15. The number of fused-ring (bicyclic) bond motifs is 1. The van der Waals surface area contributed by atoms with Crippen molar-refractivity contribution < 1.29 is 0 Å². The molecule has 0 saturated carbocycles. The zero-order valence-corrected chi connectivity index (χ0v) is 12.3. The smallest absolute Gasteiger partial charge is 0.0797 e. The van der Waals surface area contributed by atoms with Crippen LogP contribution in [0, 0.1) is 5.92 Å². The average molecular weight is 262 g/mol. The van der Waals surface area contributed by atoms with Crippen LogP contribution in [0.15, 0.2) is 0 Å². The summed E-state index contributed by atoms with van der Waals surface area (Å²) in [5.74, 6) is 0.779. The molecule has 106 valence electrons. The molecule has 3 rings (SSSR count). The van der Waals surface area contributed by atoms with Gasteiger partial charge in [-0.25, -0.2) is 0 Å². The standard InChI is InChI=1S/C15H26N4/c1-12(2)10-18-6-8-19(9-7-18)11-15-13-4-3-5-14(13)16-17-15/h12H,3-11H2,1-2H3,(H,16,17). The van der Waals surface area contributed by atoms with E-state index in [0.717, 1.165) is 12.5 Å².